The van der Waals surface area contributed by atoms with Crippen molar-refractivity contribution in [2.45, 2.75) is 300 Å². The Hall–Kier alpha value is -2.28. The van der Waals surface area contributed by atoms with Gasteiger partial charge in [0.25, 0.3) is 0 Å². The first-order chi connectivity index (χ1) is 36.0. The molecular formula is C59H106O15. The van der Waals surface area contributed by atoms with Crippen molar-refractivity contribution in [1.29, 1.82) is 0 Å². The van der Waals surface area contributed by atoms with Gasteiger partial charge >= 0.3 is 11.9 Å². The lowest BCUT2D eigenvalue weighted by molar-refractivity contribution is -0.332. The molecule has 2 aliphatic heterocycles. The molecule has 74 heavy (non-hydrogen) atoms. The zero-order chi connectivity index (χ0) is 53.9. The summed E-state index contributed by atoms with van der Waals surface area (Å²) in [5, 5.41) is 72.3. The molecule has 2 saturated heterocycles. The van der Waals surface area contributed by atoms with E-state index in [1.165, 1.54) is 141 Å². The van der Waals surface area contributed by atoms with Crippen LogP contribution in [0.2, 0.25) is 0 Å². The quantitative estimate of drug-likeness (QED) is 0.0171. The smallest absolute Gasteiger partial charge is 0.306 e. The van der Waals surface area contributed by atoms with Crippen molar-refractivity contribution in [3.05, 3.63) is 36.5 Å². The van der Waals surface area contributed by atoms with Crippen molar-refractivity contribution in [3.8, 4) is 0 Å². The number of rotatable bonds is 47. The molecule has 15 heteroatoms. The van der Waals surface area contributed by atoms with Gasteiger partial charge in [-0.2, -0.15) is 0 Å². The second-order valence-corrected chi connectivity index (χ2v) is 20.8. The van der Waals surface area contributed by atoms with Crippen LogP contribution in [0.5, 0.6) is 0 Å². The van der Waals surface area contributed by atoms with Gasteiger partial charge in [0, 0.05) is 12.8 Å². The third-order valence-corrected chi connectivity index (χ3v) is 14.1. The van der Waals surface area contributed by atoms with E-state index >= 15 is 0 Å². The number of carbonyl (C=O) groups excluding carboxylic acids is 2. The number of aliphatic hydroxyl groups excluding tert-OH is 7. The van der Waals surface area contributed by atoms with Crippen LogP contribution in [-0.2, 0) is 38.0 Å². The lowest BCUT2D eigenvalue weighted by atomic mass is 9.98. The second kappa shape index (κ2) is 45.7. The van der Waals surface area contributed by atoms with Gasteiger partial charge in [-0.3, -0.25) is 9.59 Å². The number of unbranched alkanes of at least 4 members (excludes halogenated alkanes) is 27. The summed E-state index contributed by atoms with van der Waals surface area (Å²) in [7, 11) is 0. The maximum Gasteiger partial charge on any atom is 0.306 e. The molecule has 2 aliphatic rings. The van der Waals surface area contributed by atoms with Gasteiger partial charge in [-0.15, -0.1) is 0 Å². The Morgan fingerprint density at radius 2 is 0.811 bits per heavy atom. The fraction of sp³-hybridized carbons (Fsp3) is 0.864. The van der Waals surface area contributed by atoms with Crippen LogP contribution in [0.25, 0.3) is 0 Å². The van der Waals surface area contributed by atoms with E-state index in [1.54, 1.807) is 0 Å². The summed E-state index contributed by atoms with van der Waals surface area (Å²) in [5.41, 5.74) is 0. The van der Waals surface area contributed by atoms with Gasteiger partial charge < -0.3 is 64.2 Å². The van der Waals surface area contributed by atoms with Gasteiger partial charge in [0.2, 0.25) is 0 Å². The molecule has 0 spiro atoms. The van der Waals surface area contributed by atoms with E-state index in [9.17, 15) is 45.3 Å². The van der Waals surface area contributed by atoms with Crippen molar-refractivity contribution in [3.63, 3.8) is 0 Å². The third kappa shape index (κ3) is 32.5. The second-order valence-electron chi connectivity index (χ2n) is 20.8. The lowest BCUT2D eigenvalue weighted by Gasteiger charge is -2.42. The molecule has 0 radical (unpaired) electrons. The Balaban J connectivity index is 1.74. The third-order valence-electron chi connectivity index (χ3n) is 14.1. The first kappa shape index (κ1) is 67.8. The maximum atomic E-state index is 13.1. The van der Waals surface area contributed by atoms with Crippen molar-refractivity contribution in [2.75, 3.05) is 26.4 Å². The number of aliphatic hydroxyl groups is 7. The van der Waals surface area contributed by atoms with Gasteiger partial charge in [0.05, 0.1) is 19.8 Å². The van der Waals surface area contributed by atoms with Gasteiger partial charge in [-0.05, 0) is 51.4 Å². The van der Waals surface area contributed by atoms with Crippen LogP contribution in [0.3, 0.4) is 0 Å². The fourth-order valence-corrected chi connectivity index (χ4v) is 9.28. The van der Waals surface area contributed by atoms with E-state index < -0.39 is 99.3 Å². The minimum Gasteiger partial charge on any atom is -0.462 e. The first-order valence-electron chi connectivity index (χ1n) is 29.6. The number of carbonyl (C=O) groups is 2. The summed E-state index contributed by atoms with van der Waals surface area (Å²) >= 11 is 0. The summed E-state index contributed by atoms with van der Waals surface area (Å²) in [6.45, 7) is 2.56. The minimum absolute atomic E-state index is 0.161. The molecule has 0 saturated carbocycles. The Labute approximate surface area is 446 Å². The van der Waals surface area contributed by atoms with Crippen LogP contribution in [0.1, 0.15) is 232 Å². The highest BCUT2D eigenvalue weighted by Gasteiger charge is 2.47. The predicted molar refractivity (Wildman–Crippen MR) is 289 cm³/mol. The maximum absolute atomic E-state index is 13.1. The largest absolute Gasteiger partial charge is 0.462 e. The van der Waals surface area contributed by atoms with E-state index in [-0.39, 0.29) is 19.4 Å². The molecule has 0 aromatic rings. The molecule has 0 aromatic carbocycles. The Morgan fingerprint density at radius 1 is 0.432 bits per heavy atom. The van der Waals surface area contributed by atoms with Gasteiger partial charge in [-0.25, -0.2) is 0 Å². The molecule has 2 rings (SSSR count). The van der Waals surface area contributed by atoms with Crippen LogP contribution in [0.15, 0.2) is 36.5 Å². The zero-order valence-electron chi connectivity index (χ0n) is 46.1. The van der Waals surface area contributed by atoms with E-state index in [4.69, 9.17) is 28.4 Å². The molecule has 0 aliphatic carbocycles. The predicted octanol–water partition coefficient (Wildman–Crippen LogP) is 10.1. The molecule has 0 bridgehead atoms. The summed E-state index contributed by atoms with van der Waals surface area (Å²) < 4.78 is 33.7. The molecule has 11 atom stereocenters. The van der Waals surface area contributed by atoms with E-state index in [2.05, 4.69) is 50.3 Å². The molecule has 432 valence electrons. The van der Waals surface area contributed by atoms with Crippen LogP contribution in [-0.4, -0.2) is 142 Å². The zero-order valence-corrected chi connectivity index (χ0v) is 46.1. The Morgan fingerprint density at radius 3 is 1.30 bits per heavy atom. The molecule has 4 unspecified atom stereocenters. The SMILES string of the molecule is CCCCC/C=C/C/C=C/C/C=C/CCCCC(=O)OC[C@H](CO[C@H]1O[C@@H](CO[C@H]2O[C@@H](CO)[C@@H](O)C(O)C2O)[C@@H](O)C(O)C1O)OC(=O)CCCCCCCCCCCCCCCCCCCCCCCCC. The number of hydrogen-bond donors (Lipinski definition) is 7. The van der Waals surface area contributed by atoms with Gasteiger partial charge in [-0.1, -0.05) is 204 Å². The number of hydrogen-bond acceptors (Lipinski definition) is 15. The van der Waals surface area contributed by atoms with Crippen LogP contribution in [0, 0.1) is 0 Å². The van der Waals surface area contributed by atoms with Crippen molar-refractivity contribution in [1.82, 2.24) is 0 Å². The van der Waals surface area contributed by atoms with Crippen molar-refractivity contribution >= 4 is 11.9 Å². The highest BCUT2D eigenvalue weighted by atomic mass is 16.7. The minimum atomic E-state index is -1.77. The van der Waals surface area contributed by atoms with Crippen molar-refractivity contribution in [2.24, 2.45) is 0 Å². The Bertz CT molecular complexity index is 1430. The average Bonchev–Trinajstić information content (AvgIpc) is 3.39. The molecule has 7 N–H and O–H groups in total. The molecule has 0 aromatic heterocycles. The van der Waals surface area contributed by atoms with Crippen LogP contribution < -0.4 is 0 Å². The number of allylic oxidation sites excluding steroid dienone is 6. The summed E-state index contributed by atoms with van der Waals surface area (Å²) in [4.78, 5) is 25.9. The first-order valence-corrected chi connectivity index (χ1v) is 29.6. The summed E-state index contributed by atoms with van der Waals surface area (Å²) in [5.74, 6) is -0.960. The van der Waals surface area contributed by atoms with Crippen LogP contribution in [0.4, 0.5) is 0 Å². The summed E-state index contributed by atoms with van der Waals surface area (Å²) in [6.07, 6.45) is 34.6. The van der Waals surface area contributed by atoms with Gasteiger partial charge in [0.1, 0.15) is 55.4 Å². The molecule has 15 nitrogen and oxygen atoms in total. The lowest BCUT2D eigenvalue weighted by Crippen LogP contribution is -2.61. The van der Waals surface area contributed by atoms with Gasteiger partial charge in [0.15, 0.2) is 18.7 Å². The Kier molecular flexibility index (Phi) is 41.9. The fourth-order valence-electron chi connectivity index (χ4n) is 9.28. The van der Waals surface area contributed by atoms with E-state index in [1.807, 2.05) is 0 Å². The van der Waals surface area contributed by atoms with Crippen molar-refractivity contribution < 1.29 is 73.8 Å². The average molecular weight is 1060 g/mol. The van der Waals surface area contributed by atoms with Crippen LogP contribution >= 0.6 is 0 Å². The molecule has 0 amide bonds. The normalized spacial score (nSPS) is 24.9. The number of esters is 2. The molecule has 2 heterocycles. The topological polar surface area (TPSA) is 231 Å². The monoisotopic (exact) mass is 1050 g/mol. The standard InChI is InChI=1S/C59H106O15/c1-3-5-7-9-11-13-15-17-19-20-21-22-23-24-25-26-28-30-32-34-36-38-40-42-51(62)72-47(44-69-50(61)41-39-37-35-33-31-29-27-18-16-14-12-10-8-6-4-2)45-70-58-57(68)55(66)53(64)49(74-58)46-71-59-56(67)54(65)52(63)48(43-60)73-59/h12,14,18,27,31,33,47-49,52-60,63-68H,3-11,13,15-17,19-26,28-30,32,34-46H2,1-2H3/b14-12+,27-18+,33-31+/t47-,48+,49+,52-,53-,54?,55?,56?,57?,58+,59+/m1/s1. The summed E-state index contributed by atoms with van der Waals surface area (Å²) in [6, 6.07) is 0. The van der Waals surface area contributed by atoms with E-state index in [0.29, 0.717) is 12.8 Å². The molecule has 2 fully saturated rings. The number of ether oxygens (including phenoxy) is 6. The highest BCUT2D eigenvalue weighted by Crippen LogP contribution is 2.27. The van der Waals surface area contributed by atoms with E-state index in [0.717, 1.165) is 51.4 Å². The highest BCUT2D eigenvalue weighted by molar-refractivity contribution is 5.70. The molecular weight excluding hydrogens is 949 g/mol.